The van der Waals surface area contributed by atoms with Gasteiger partial charge in [-0.3, -0.25) is 4.79 Å². The zero-order chi connectivity index (χ0) is 14.5. The summed E-state index contributed by atoms with van der Waals surface area (Å²) in [5, 5.41) is 5.03. The zero-order valence-corrected chi connectivity index (χ0v) is 11.8. The lowest BCUT2D eigenvalue weighted by Gasteiger charge is -2.17. The maximum absolute atomic E-state index is 12.1. The van der Waals surface area contributed by atoms with Gasteiger partial charge in [-0.15, -0.1) is 0 Å². The second-order valence-corrected chi connectivity index (χ2v) is 5.56. The van der Waals surface area contributed by atoms with Gasteiger partial charge in [-0.05, 0) is 25.1 Å². The van der Waals surface area contributed by atoms with E-state index in [1.54, 1.807) is 13.1 Å². The van der Waals surface area contributed by atoms with Gasteiger partial charge in [0.2, 0.25) is 10.0 Å². The van der Waals surface area contributed by atoms with Crippen LogP contribution in [0.25, 0.3) is 0 Å². The van der Waals surface area contributed by atoms with Crippen molar-refractivity contribution in [2.45, 2.75) is 11.8 Å². The molecule has 0 bridgehead atoms. The largest absolute Gasteiger partial charge is 0.380 e. The zero-order valence-electron chi connectivity index (χ0n) is 11.0. The van der Waals surface area contributed by atoms with Crippen molar-refractivity contribution >= 4 is 15.9 Å². The molecule has 0 aliphatic carbocycles. The monoisotopic (exact) mass is 286 g/mol. The minimum absolute atomic E-state index is 0.0726. The van der Waals surface area contributed by atoms with Crippen molar-refractivity contribution in [3.05, 3.63) is 29.8 Å². The number of benzene rings is 1. The Bertz CT molecular complexity index is 542. The number of carbonyl (C=O) groups is 1. The predicted molar refractivity (Wildman–Crippen MR) is 71.3 cm³/mol. The first-order chi connectivity index (χ1) is 8.86. The summed E-state index contributed by atoms with van der Waals surface area (Å²) in [6.07, 6.45) is 0. The Hall–Kier alpha value is -1.44. The lowest BCUT2D eigenvalue weighted by Crippen LogP contribution is -2.30. The molecule has 19 heavy (non-hydrogen) atoms. The van der Waals surface area contributed by atoms with Crippen LogP contribution in [0, 0.1) is 0 Å². The molecule has 0 aromatic heterocycles. The number of nitrogens with zero attached hydrogens (tertiary/aromatic N) is 1. The molecule has 0 spiro atoms. The van der Waals surface area contributed by atoms with Crippen LogP contribution >= 0.6 is 0 Å². The fraction of sp³-hybridized carbons (Fsp3) is 0.417. The molecule has 0 radical (unpaired) electrons. The van der Waals surface area contributed by atoms with Gasteiger partial charge in [0.05, 0.1) is 11.5 Å². The maximum Gasteiger partial charge on any atom is 0.253 e. The lowest BCUT2D eigenvalue weighted by atomic mass is 10.2. The van der Waals surface area contributed by atoms with Crippen LogP contribution in [0.15, 0.2) is 29.2 Å². The second kappa shape index (κ2) is 6.65. The number of carbonyl (C=O) groups excluding carboxylic acids is 1. The molecule has 0 atom stereocenters. The first-order valence-corrected chi connectivity index (χ1v) is 7.37. The van der Waals surface area contributed by atoms with Crippen molar-refractivity contribution in [1.82, 2.24) is 4.90 Å². The van der Waals surface area contributed by atoms with E-state index in [0.29, 0.717) is 19.8 Å². The van der Waals surface area contributed by atoms with E-state index < -0.39 is 10.0 Å². The number of nitrogens with two attached hydrogens (primary N) is 1. The summed E-state index contributed by atoms with van der Waals surface area (Å²) < 4.78 is 27.6. The van der Waals surface area contributed by atoms with Gasteiger partial charge in [0.25, 0.3) is 5.91 Å². The number of rotatable bonds is 6. The van der Waals surface area contributed by atoms with Crippen molar-refractivity contribution in [3.8, 4) is 0 Å². The molecule has 7 heteroatoms. The molecule has 1 aromatic carbocycles. The first-order valence-electron chi connectivity index (χ1n) is 5.82. The molecule has 0 aliphatic heterocycles. The Labute approximate surface area is 113 Å². The van der Waals surface area contributed by atoms with E-state index in [4.69, 9.17) is 9.88 Å². The van der Waals surface area contributed by atoms with Crippen LogP contribution in [0.5, 0.6) is 0 Å². The number of likely N-dealkylation sites (N-methyl/N-ethyl adjacent to an activating group) is 1. The van der Waals surface area contributed by atoms with Crippen LogP contribution in [-0.2, 0) is 14.8 Å². The molecule has 0 fully saturated rings. The van der Waals surface area contributed by atoms with Crippen molar-refractivity contribution in [2.24, 2.45) is 5.14 Å². The molecule has 0 unspecified atom stereocenters. The molecular formula is C12H18N2O4S. The van der Waals surface area contributed by atoms with E-state index >= 15 is 0 Å². The molecule has 1 amide bonds. The van der Waals surface area contributed by atoms with E-state index in [1.165, 1.54) is 23.1 Å². The topological polar surface area (TPSA) is 89.7 Å². The quantitative estimate of drug-likeness (QED) is 0.768. The summed E-state index contributed by atoms with van der Waals surface area (Å²) in [4.78, 5) is 13.5. The summed E-state index contributed by atoms with van der Waals surface area (Å²) in [7, 11) is -2.17. The highest BCUT2D eigenvalue weighted by Crippen LogP contribution is 2.11. The SMILES string of the molecule is CCOCCN(C)C(=O)c1cccc(S(N)(=O)=O)c1. The van der Waals surface area contributed by atoms with Crippen LogP contribution in [-0.4, -0.2) is 46.0 Å². The highest BCUT2D eigenvalue weighted by molar-refractivity contribution is 7.89. The predicted octanol–water partition coefficient (Wildman–Crippen LogP) is 0.443. The van der Waals surface area contributed by atoms with Gasteiger partial charge in [0.1, 0.15) is 0 Å². The fourth-order valence-electron chi connectivity index (χ4n) is 1.47. The highest BCUT2D eigenvalue weighted by atomic mass is 32.2. The van der Waals surface area contributed by atoms with E-state index in [-0.39, 0.29) is 16.4 Å². The lowest BCUT2D eigenvalue weighted by molar-refractivity contribution is 0.0709. The van der Waals surface area contributed by atoms with Gasteiger partial charge < -0.3 is 9.64 Å². The Morgan fingerprint density at radius 3 is 2.68 bits per heavy atom. The van der Waals surface area contributed by atoms with Crippen molar-refractivity contribution in [2.75, 3.05) is 26.8 Å². The van der Waals surface area contributed by atoms with Crippen LogP contribution in [0.4, 0.5) is 0 Å². The van der Waals surface area contributed by atoms with Gasteiger partial charge in [0, 0.05) is 25.8 Å². The molecule has 0 saturated carbocycles. The Morgan fingerprint density at radius 2 is 2.11 bits per heavy atom. The minimum Gasteiger partial charge on any atom is -0.380 e. The fourth-order valence-corrected chi connectivity index (χ4v) is 2.03. The minimum atomic E-state index is -3.80. The van der Waals surface area contributed by atoms with E-state index in [9.17, 15) is 13.2 Å². The number of hydrogen-bond acceptors (Lipinski definition) is 4. The number of primary sulfonamides is 1. The third kappa shape index (κ3) is 4.62. The maximum atomic E-state index is 12.1. The Morgan fingerprint density at radius 1 is 1.42 bits per heavy atom. The molecule has 1 rings (SSSR count). The summed E-state index contributed by atoms with van der Waals surface area (Å²) in [6.45, 7) is 3.33. The second-order valence-electron chi connectivity index (χ2n) is 4.00. The van der Waals surface area contributed by atoms with Crippen LogP contribution < -0.4 is 5.14 Å². The summed E-state index contributed by atoms with van der Waals surface area (Å²) in [5.41, 5.74) is 0.283. The molecule has 106 valence electrons. The number of amides is 1. The molecular weight excluding hydrogens is 268 g/mol. The van der Waals surface area contributed by atoms with Crippen molar-refractivity contribution < 1.29 is 17.9 Å². The van der Waals surface area contributed by atoms with Crippen LogP contribution in [0.2, 0.25) is 0 Å². The molecule has 2 N–H and O–H groups in total. The Kier molecular flexibility index (Phi) is 5.46. The average molecular weight is 286 g/mol. The molecule has 6 nitrogen and oxygen atoms in total. The summed E-state index contributed by atoms with van der Waals surface area (Å²) in [6, 6.07) is 5.67. The third-order valence-electron chi connectivity index (χ3n) is 2.53. The van der Waals surface area contributed by atoms with E-state index in [2.05, 4.69) is 0 Å². The van der Waals surface area contributed by atoms with Crippen LogP contribution in [0.3, 0.4) is 0 Å². The Balaban J connectivity index is 2.82. The number of ether oxygens (including phenoxy) is 1. The third-order valence-corrected chi connectivity index (χ3v) is 3.44. The van der Waals surface area contributed by atoms with Gasteiger partial charge in [0.15, 0.2) is 0 Å². The van der Waals surface area contributed by atoms with Gasteiger partial charge in [-0.1, -0.05) is 6.07 Å². The number of hydrogen-bond donors (Lipinski definition) is 1. The van der Waals surface area contributed by atoms with E-state index in [0.717, 1.165) is 0 Å². The number of sulfonamides is 1. The average Bonchev–Trinajstić information content (AvgIpc) is 2.37. The normalized spacial score (nSPS) is 11.3. The van der Waals surface area contributed by atoms with Crippen molar-refractivity contribution in [1.29, 1.82) is 0 Å². The van der Waals surface area contributed by atoms with Gasteiger partial charge in [-0.25, -0.2) is 13.6 Å². The standard InChI is InChI=1S/C12H18N2O4S/c1-3-18-8-7-14(2)12(15)10-5-4-6-11(9-10)19(13,16)17/h4-6,9H,3,7-8H2,1-2H3,(H2,13,16,17). The first kappa shape index (κ1) is 15.6. The molecule has 0 aliphatic rings. The highest BCUT2D eigenvalue weighted by Gasteiger charge is 2.14. The van der Waals surface area contributed by atoms with E-state index in [1.807, 2.05) is 6.92 Å². The van der Waals surface area contributed by atoms with Crippen LogP contribution in [0.1, 0.15) is 17.3 Å². The van der Waals surface area contributed by atoms with Gasteiger partial charge in [-0.2, -0.15) is 0 Å². The van der Waals surface area contributed by atoms with Crippen molar-refractivity contribution in [3.63, 3.8) is 0 Å². The molecule has 0 saturated heterocycles. The smallest absolute Gasteiger partial charge is 0.253 e. The van der Waals surface area contributed by atoms with Gasteiger partial charge >= 0.3 is 0 Å². The summed E-state index contributed by atoms with van der Waals surface area (Å²) in [5.74, 6) is -0.273. The molecule has 1 aromatic rings. The molecule has 0 heterocycles. The summed E-state index contributed by atoms with van der Waals surface area (Å²) >= 11 is 0.